The molecular formula is C72H131N11O33. The van der Waals surface area contributed by atoms with Gasteiger partial charge in [-0.1, -0.05) is 0 Å². The summed E-state index contributed by atoms with van der Waals surface area (Å²) in [7, 11) is 0. The summed E-state index contributed by atoms with van der Waals surface area (Å²) in [5.74, 6) is 0.989. The number of carbonyl (C=O) groups is 10. The molecule has 3 saturated heterocycles. The van der Waals surface area contributed by atoms with Crippen molar-refractivity contribution in [3.05, 3.63) is 0 Å². The first-order valence-electron chi connectivity index (χ1n) is 39.6. The number of hydrogen-bond donors (Lipinski definition) is 20. The average molecular weight is 1680 g/mol. The number of aliphatic hydroxyl groups is 9. The van der Waals surface area contributed by atoms with Crippen LogP contribution >= 0.6 is 0 Å². The molecule has 44 heteroatoms. The molecule has 3 aliphatic heterocycles. The number of rotatable bonds is 67. The van der Waals surface area contributed by atoms with Crippen LogP contribution in [0, 0.1) is 0 Å². The van der Waals surface area contributed by atoms with E-state index in [1.54, 1.807) is 0 Å². The van der Waals surface area contributed by atoms with Gasteiger partial charge in [0.2, 0.25) is 59.1 Å². The van der Waals surface area contributed by atoms with Crippen LogP contribution in [0.2, 0.25) is 0 Å². The Hall–Kier alpha value is -6.26. The smallest absolute Gasteiger partial charge is 0.222 e. The molecule has 0 aliphatic carbocycles. The van der Waals surface area contributed by atoms with Crippen LogP contribution in [0.15, 0.2) is 0 Å². The number of unbranched alkanes of at least 4 members (excludes halogenated alkanes) is 3. The Morgan fingerprint density at radius 1 is 0.310 bits per heavy atom. The molecule has 15 atom stereocenters. The standard InChI is InChI=1S/C72H131N11O33/c1-47(87)80-60-66(100)63(97)50(41-84)114-69(60)110-26-7-4-13-53(90)74-20-10-23-77-56(93)16-30-107-44-72(83-59(96)19-29-103-33-34-104-35-36-105-37-38-106-39-40-113-73,45-108-31-17-57(94)78-24-11-21-75-54(91)14-5-8-27-111-70-61(81-48(2)88)67(101)64(98)51(42-85)115-70)46-109-32-18-58(95)79-25-12-22-76-55(92)15-6-9-28-112-71-62(82-49(3)89)68(102)65(99)52(43-86)116-71/h50-52,60-71,84-86,97-102H,4-46,73H2,1-3H3,(H,74,90)(H,75,91)(H,76,92)(H,77,93)(H,78,94)(H,79,95)(H,80,87)(H,81,88)(H,82,89)(H,83,96)/t50-,51-,52-,60-,61-,62-,63+,64+,65+,66-,67-,68-,69-,70-,71?/m1/s1. The minimum Gasteiger partial charge on any atom is -0.394 e. The number of hydrogen-bond acceptors (Lipinski definition) is 34. The predicted molar refractivity (Wildman–Crippen MR) is 403 cm³/mol. The highest BCUT2D eigenvalue weighted by molar-refractivity contribution is 5.79. The van der Waals surface area contributed by atoms with E-state index in [-0.39, 0.29) is 194 Å². The fourth-order valence-electron chi connectivity index (χ4n) is 11.7. The van der Waals surface area contributed by atoms with Crippen LogP contribution in [0.25, 0.3) is 0 Å². The second kappa shape index (κ2) is 62.8. The molecule has 0 aromatic heterocycles. The van der Waals surface area contributed by atoms with Gasteiger partial charge in [-0.2, -0.15) is 0 Å². The van der Waals surface area contributed by atoms with E-state index in [0.717, 1.165) is 0 Å². The number of ether oxygens (including phenoxy) is 13. The van der Waals surface area contributed by atoms with E-state index in [0.29, 0.717) is 84.2 Å². The number of carbonyl (C=O) groups excluding carboxylic acids is 10. The predicted octanol–water partition coefficient (Wildman–Crippen LogP) is -8.33. The van der Waals surface area contributed by atoms with Gasteiger partial charge in [0.1, 0.15) is 78.6 Å². The molecule has 1 unspecified atom stereocenters. The Labute approximate surface area is 675 Å². The Bertz CT molecular complexity index is 2520. The maximum absolute atomic E-state index is 13.8. The zero-order chi connectivity index (χ0) is 85.3. The van der Waals surface area contributed by atoms with Crippen LogP contribution in [-0.4, -0.2) is 381 Å². The lowest BCUT2D eigenvalue weighted by Crippen LogP contribution is -2.64. The molecule has 3 aliphatic rings. The van der Waals surface area contributed by atoms with Crippen LogP contribution in [0.1, 0.15) is 124 Å². The Balaban J connectivity index is 1.56. The normalized spacial score (nSPS) is 23.3. The van der Waals surface area contributed by atoms with E-state index < -0.39 is 159 Å². The van der Waals surface area contributed by atoms with Gasteiger partial charge < -0.3 is 166 Å². The van der Waals surface area contributed by atoms with Gasteiger partial charge in [-0.3, -0.25) is 47.9 Å². The summed E-state index contributed by atoms with van der Waals surface area (Å²) in [6, 6.07) is -3.30. The van der Waals surface area contributed by atoms with Crippen LogP contribution in [0.4, 0.5) is 0 Å². The van der Waals surface area contributed by atoms with Gasteiger partial charge in [0.05, 0.1) is 119 Å². The molecule has 3 fully saturated rings. The fraction of sp³-hybridized carbons (Fsp3) is 0.861. The van der Waals surface area contributed by atoms with Crippen molar-refractivity contribution in [3.63, 3.8) is 0 Å². The van der Waals surface area contributed by atoms with Gasteiger partial charge in [-0.15, -0.1) is 0 Å². The molecular weight excluding hydrogens is 1550 g/mol. The van der Waals surface area contributed by atoms with Crippen molar-refractivity contribution in [2.45, 2.75) is 221 Å². The van der Waals surface area contributed by atoms with Gasteiger partial charge in [0.25, 0.3) is 0 Å². The monoisotopic (exact) mass is 1680 g/mol. The van der Waals surface area contributed by atoms with Gasteiger partial charge in [0, 0.05) is 125 Å². The summed E-state index contributed by atoms with van der Waals surface area (Å²) in [4.78, 5) is 131. The molecule has 0 aromatic carbocycles. The quantitative estimate of drug-likeness (QED) is 0.0199. The van der Waals surface area contributed by atoms with Crippen molar-refractivity contribution < 1.29 is 160 Å². The van der Waals surface area contributed by atoms with E-state index in [2.05, 4.69) is 58.0 Å². The summed E-state index contributed by atoms with van der Waals surface area (Å²) in [6.07, 6.45) is -12.4. The van der Waals surface area contributed by atoms with E-state index in [1.807, 2.05) is 0 Å². The third-order valence-corrected chi connectivity index (χ3v) is 17.9. The largest absolute Gasteiger partial charge is 0.394 e. The molecule has 0 aromatic rings. The SMILES string of the molecule is CC(=O)N[C@H]1[C@H](OCCCCC(=O)NCCCNC(=O)CCOCC(COCCC(=O)NCCCNC(=O)CCCCOC2O[C@H](CO)[C@H](O)[C@H](O)[C@H]2NC(C)=O)(COCCC(=O)NCCCNC(=O)CCCCO[C@@H]2O[C@H](CO)[C@H](O)[C@H](O)[C@H]2NC(C)=O)NC(=O)CCOCCOCCOCCOCCON)O[C@H](CO)[C@H](O)[C@@H]1O. The van der Waals surface area contributed by atoms with Crippen molar-refractivity contribution in [2.24, 2.45) is 5.90 Å². The van der Waals surface area contributed by atoms with Crippen molar-refractivity contribution >= 4 is 59.1 Å². The van der Waals surface area contributed by atoms with E-state index >= 15 is 0 Å². The van der Waals surface area contributed by atoms with Crippen molar-refractivity contribution in [3.8, 4) is 0 Å². The van der Waals surface area contributed by atoms with E-state index in [4.69, 9.17) is 67.5 Å². The summed E-state index contributed by atoms with van der Waals surface area (Å²) < 4.78 is 74.0. The maximum Gasteiger partial charge on any atom is 0.222 e. The summed E-state index contributed by atoms with van der Waals surface area (Å²) in [5.41, 5.74) is -1.50. The van der Waals surface area contributed by atoms with Crippen LogP contribution < -0.4 is 59.1 Å². The maximum atomic E-state index is 13.8. The zero-order valence-corrected chi connectivity index (χ0v) is 67.0. The van der Waals surface area contributed by atoms with Crippen LogP contribution in [0.3, 0.4) is 0 Å². The highest BCUT2D eigenvalue weighted by Gasteiger charge is 2.48. The molecule has 0 bridgehead atoms. The summed E-state index contributed by atoms with van der Waals surface area (Å²) in [6.45, 7) is 4.08. The van der Waals surface area contributed by atoms with Gasteiger partial charge in [-0.25, -0.2) is 5.90 Å². The molecule has 0 saturated carbocycles. The minimum atomic E-state index is -1.50. The van der Waals surface area contributed by atoms with Crippen molar-refractivity contribution in [2.75, 3.05) is 178 Å². The Morgan fingerprint density at radius 2 is 0.560 bits per heavy atom. The molecule has 44 nitrogen and oxygen atoms in total. The molecule has 0 radical (unpaired) electrons. The Kier molecular flexibility index (Phi) is 56.3. The highest BCUT2D eigenvalue weighted by Crippen LogP contribution is 2.26. The topological polar surface area (TPSA) is 628 Å². The average Bonchev–Trinajstić information content (AvgIpc) is 0.820. The Morgan fingerprint density at radius 3 is 0.828 bits per heavy atom. The first-order chi connectivity index (χ1) is 55.8. The second-order valence-electron chi connectivity index (χ2n) is 27.7. The van der Waals surface area contributed by atoms with Gasteiger partial charge in [0.15, 0.2) is 18.9 Å². The molecule has 10 amide bonds. The van der Waals surface area contributed by atoms with Gasteiger partial charge >= 0.3 is 0 Å². The zero-order valence-electron chi connectivity index (χ0n) is 67.0. The lowest BCUT2D eigenvalue weighted by atomic mass is 9.97. The molecule has 672 valence electrons. The number of amides is 10. The molecule has 116 heavy (non-hydrogen) atoms. The van der Waals surface area contributed by atoms with Gasteiger partial charge in [-0.05, 0) is 57.8 Å². The minimum absolute atomic E-state index is 0.0395. The summed E-state index contributed by atoms with van der Waals surface area (Å²) >= 11 is 0. The lowest BCUT2D eigenvalue weighted by molar-refractivity contribution is -0.270. The second-order valence-corrected chi connectivity index (χ2v) is 27.7. The molecule has 0 spiro atoms. The molecule has 21 N–H and O–H groups in total. The van der Waals surface area contributed by atoms with E-state index in [1.165, 1.54) is 20.8 Å². The first kappa shape index (κ1) is 104. The molecule has 3 heterocycles. The molecule has 3 rings (SSSR count). The summed E-state index contributed by atoms with van der Waals surface area (Å²) in [5, 5.41) is 118. The van der Waals surface area contributed by atoms with Crippen LogP contribution in [-0.2, 0) is 114 Å². The van der Waals surface area contributed by atoms with E-state index in [9.17, 15) is 93.9 Å². The third kappa shape index (κ3) is 45.2. The number of aliphatic hydroxyl groups excluding tert-OH is 9. The first-order valence-corrected chi connectivity index (χ1v) is 39.6. The fourth-order valence-corrected chi connectivity index (χ4v) is 11.7. The van der Waals surface area contributed by atoms with Crippen LogP contribution in [0.5, 0.6) is 0 Å². The van der Waals surface area contributed by atoms with Crippen molar-refractivity contribution in [1.29, 1.82) is 0 Å². The number of nitrogens with one attached hydrogen (secondary N) is 10. The lowest BCUT2D eigenvalue weighted by Gasteiger charge is -2.42. The third-order valence-electron chi connectivity index (χ3n) is 17.9. The number of nitrogens with two attached hydrogens (primary N) is 1. The highest BCUT2D eigenvalue weighted by atomic mass is 16.7. The van der Waals surface area contributed by atoms with Crippen molar-refractivity contribution in [1.82, 2.24) is 53.2 Å².